The third-order valence-electron chi connectivity index (χ3n) is 7.24. The molecule has 13 heteroatoms. The molecule has 0 saturated carbocycles. The molecule has 2 heterocycles. The Labute approximate surface area is 269 Å². The number of sulfonamides is 1. The predicted molar refractivity (Wildman–Crippen MR) is 170 cm³/mol. The lowest BCUT2D eigenvalue weighted by atomic mass is 9.98. The molecule has 0 aliphatic heterocycles. The van der Waals surface area contributed by atoms with Gasteiger partial charge in [0.05, 0.1) is 44.1 Å². The first kappa shape index (κ1) is 34.8. The molecule has 46 heavy (non-hydrogen) atoms. The Hall–Kier alpha value is -4.04. The number of benzene rings is 2. The highest BCUT2D eigenvalue weighted by Gasteiger charge is 2.32. The molecule has 0 atom stereocenters. The number of anilines is 1. The van der Waals surface area contributed by atoms with Crippen LogP contribution in [0.1, 0.15) is 33.8 Å². The molecule has 0 aliphatic carbocycles. The van der Waals surface area contributed by atoms with E-state index in [9.17, 15) is 12.8 Å². The number of rotatable bonds is 17. The van der Waals surface area contributed by atoms with Gasteiger partial charge in [-0.3, -0.25) is 4.98 Å². The van der Waals surface area contributed by atoms with Crippen LogP contribution in [-0.4, -0.2) is 66.0 Å². The maximum Gasteiger partial charge on any atom is 0.268 e. The zero-order chi connectivity index (χ0) is 33.3. The van der Waals surface area contributed by atoms with Crippen LogP contribution in [0.3, 0.4) is 0 Å². The van der Waals surface area contributed by atoms with E-state index in [0.717, 1.165) is 15.6 Å². The lowest BCUT2D eigenvalue weighted by molar-refractivity contribution is 0.0753. The molecule has 0 saturated heterocycles. The second kappa shape index (κ2) is 16.0. The van der Waals surface area contributed by atoms with Gasteiger partial charge in [0.15, 0.2) is 17.3 Å². The lowest BCUT2D eigenvalue weighted by Gasteiger charge is -2.24. The molecule has 11 nitrogen and oxygen atoms in total. The molecule has 0 bridgehead atoms. The van der Waals surface area contributed by atoms with E-state index in [1.165, 1.54) is 13.2 Å². The number of ether oxygens (including phenoxy) is 5. The SMILES string of the molecule is COCCOCN(c1noc(C)c1C)S(=O)(=O)c1ccccc1-c1ccc(COc2cc(C)nc(C)c2OC)cc1COCCF. The Bertz CT molecular complexity index is 1730. The van der Waals surface area contributed by atoms with Gasteiger partial charge in [-0.2, -0.15) is 0 Å². The first-order valence-electron chi connectivity index (χ1n) is 14.6. The van der Waals surface area contributed by atoms with Crippen molar-refractivity contribution in [2.24, 2.45) is 0 Å². The molecule has 2 aromatic heterocycles. The number of halogens is 1. The summed E-state index contributed by atoms with van der Waals surface area (Å²) in [5, 5.41) is 4.03. The van der Waals surface area contributed by atoms with Gasteiger partial charge < -0.3 is 28.2 Å². The van der Waals surface area contributed by atoms with Crippen LogP contribution in [0.5, 0.6) is 11.5 Å². The van der Waals surface area contributed by atoms with E-state index >= 15 is 0 Å². The van der Waals surface area contributed by atoms with Gasteiger partial charge in [0.1, 0.15) is 25.8 Å². The minimum Gasteiger partial charge on any atom is -0.491 e. The van der Waals surface area contributed by atoms with Crippen LogP contribution >= 0.6 is 0 Å². The fourth-order valence-corrected chi connectivity index (χ4v) is 6.41. The molecule has 2 aromatic carbocycles. The van der Waals surface area contributed by atoms with E-state index in [1.807, 2.05) is 32.0 Å². The van der Waals surface area contributed by atoms with Crippen molar-refractivity contribution in [2.75, 3.05) is 51.8 Å². The Morgan fingerprint density at radius 3 is 2.39 bits per heavy atom. The quantitative estimate of drug-likeness (QED) is 0.101. The Morgan fingerprint density at radius 1 is 0.913 bits per heavy atom. The van der Waals surface area contributed by atoms with Crippen molar-refractivity contribution in [3.63, 3.8) is 0 Å². The fourth-order valence-electron chi connectivity index (χ4n) is 4.86. The zero-order valence-electron chi connectivity index (χ0n) is 27.0. The number of aryl methyl sites for hydroxylation is 3. The zero-order valence-corrected chi connectivity index (χ0v) is 27.8. The topological polar surface area (TPSA) is 122 Å². The highest BCUT2D eigenvalue weighted by atomic mass is 32.2. The van der Waals surface area contributed by atoms with E-state index in [4.69, 9.17) is 28.2 Å². The van der Waals surface area contributed by atoms with Crippen LogP contribution in [0.25, 0.3) is 11.1 Å². The highest BCUT2D eigenvalue weighted by molar-refractivity contribution is 7.93. The van der Waals surface area contributed by atoms with Crippen molar-refractivity contribution < 1.29 is 41.0 Å². The largest absolute Gasteiger partial charge is 0.491 e. The first-order chi connectivity index (χ1) is 22.1. The van der Waals surface area contributed by atoms with Gasteiger partial charge in [0.2, 0.25) is 0 Å². The number of nitrogens with zero attached hydrogens (tertiary/aromatic N) is 3. The molecule has 248 valence electrons. The van der Waals surface area contributed by atoms with Gasteiger partial charge in [-0.1, -0.05) is 35.5 Å². The fraction of sp³-hybridized carbons (Fsp3) is 0.394. The summed E-state index contributed by atoms with van der Waals surface area (Å²) in [6, 6.07) is 14.0. The number of hydrogen-bond acceptors (Lipinski definition) is 10. The number of methoxy groups -OCH3 is 2. The molecule has 0 aliphatic rings. The maximum atomic E-state index is 14.4. The van der Waals surface area contributed by atoms with Gasteiger partial charge >= 0.3 is 0 Å². The number of aromatic nitrogens is 2. The Kier molecular flexibility index (Phi) is 12.1. The predicted octanol–water partition coefficient (Wildman–Crippen LogP) is 5.86. The number of pyridine rings is 1. The average molecular weight is 658 g/mol. The summed E-state index contributed by atoms with van der Waals surface area (Å²) in [6.07, 6.45) is 0. The third kappa shape index (κ3) is 8.02. The first-order valence-corrected chi connectivity index (χ1v) is 16.1. The molecule has 0 fully saturated rings. The molecular formula is C33H40FN3O8S. The molecular weight excluding hydrogens is 617 g/mol. The van der Waals surface area contributed by atoms with Crippen molar-refractivity contribution in [1.29, 1.82) is 0 Å². The van der Waals surface area contributed by atoms with Gasteiger partial charge in [0.25, 0.3) is 10.0 Å². The van der Waals surface area contributed by atoms with Crippen molar-refractivity contribution in [2.45, 2.75) is 45.8 Å². The van der Waals surface area contributed by atoms with E-state index < -0.39 is 16.7 Å². The van der Waals surface area contributed by atoms with Crippen LogP contribution in [-0.2, 0) is 37.4 Å². The van der Waals surface area contributed by atoms with Gasteiger partial charge in [-0.05, 0) is 56.5 Å². The minimum absolute atomic E-state index is 0.0219. The summed E-state index contributed by atoms with van der Waals surface area (Å²) >= 11 is 0. The molecule has 0 N–H and O–H groups in total. The molecule has 4 aromatic rings. The molecule has 0 unspecified atom stereocenters. The molecule has 0 radical (unpaired) electrons. The summed E-state index contributed by atoms with van der Waals surface area (Å²) in [4.78, 5) is 4.45. The monoisotopic (exact) mass is 657 g/mol. The minimum atomic E-state index is -4.24. The summed E-state index contributed by atoms with van der Waals surface area (Å²) in [6.45, 7) is 6.77. The Balaban J connectivity index is 1.74. The third-order valence-corrected chi connectivity index (χ3v) is 9.01. The van der Waals surface area contributed by atoms with Crippen molar-refractivity contribution in [1.82, 2.24) is 10.1 Å². The smallest absolute Gasteiger partial charge is 0.268 e. The Morgan fingerprint density at radius 2 is 1.70 bits per heavy atom. The van der Waals surface area contributed by atoms with Crippen molar-refractivity contribution >= 4 is 15.8 Å². The van der Waals surface area contributed by atoms with E-state index in [-0.39, 0.29) is 50.5 Å². The second-order valence-electron chi connectivity index (χ2n) is 10.5. The van der Waals surface area contributed by atoms with E-state index in [1.54, 1.807) is 45.2 Å². The maximum absolute atomic E-state index is 14.4. The highest BCUT2D eigenvalue weighted by Crippen LogP contribution is 2.36. The van der Waals surface area contributed by atoms with Gasteiger partial charge in [0, 0.05) is 30.0 Å². The van der Waals surface area contributed by atoms with Crippen LogP contribution in [0.15, 0.2) is 57.9 Å². The molecule has 0 spiro atoms. The van der Waals surface area contributed by atoms with Crippen molar-refractivity contribution in [3.8, 4) is 22.6 Å². The molecule has 0 amide bonds. The van der Waals surface area contributed by atoms with Crippen LogP contribution in [0, 0.1) is 27.7 Å². The summed E-state index contributed by atoms with van der Waals surface area (Å²) in [5.41, 5.74) is 4.54. The van der Waals surface area contributed by atoms with Crippen LogP contribution in [0.4, 0.5) is 10.2 Å². The summed E-state index contributed by atoms with van der Waals surface area (Å²) < 4.78 is 76.1. The number of alkyl halides is 1. The van der Waals surface area contributed by atoms with Crippen LogP contribution < -0.4 is 13.8 Å². The van der Waals surface area contributed by atoms with Gasteiger partial charge in [-0.15, -0.1) is 0 Å². The van der Waals surface area contributed by atoms with Gasteiger partial charge in [-0.25, -0.2) is 17.1 Å². The van der Waals surface area contributed by atoms with E-state index in [2.05, 4.69) is 10.1 Å². The summed E-state index contributed by atoms with van der Waals surface area (Å²) in [7, 11) is -1.15. The molecule has 4 rings (SSSR count). The number of hydrogen-bond donors (Lipinski definition) is 0. The normalized spacial score (nSPS) is 11.5. The standard InChI is InChI=1S/C33H40FN3O8S/c1-22-17-30(32(41-6)24(3)35-22)44-19-26-11-12-28(27(18-26)20-42-14-13-34)29-9-7-8-10-31(29)46(38,39)37(21-43-16-15-40-5)33-23(2)25(4)45-36-33/h7-12,17-18H,13-16,19-21H2,1-6H3. The van der Waals surface area contributed by atoms with Crippen LogP contribution in [0.2, 0.25) is 0 Å². The lowest BCUT2D eigenvalue weighted by Crippen LogP contribution is -2.35. The average Bonchev–Trinajstić information content (AvgIpc) is 3.36. The summed E-state index contributed by atoms with van der Waals surface area (Å²) in [5.74, 6) is 1.71. The van der Waals surface area contributed by atoms with Crippen molar-refractivity contribution in [3.05, 3.63) is 82.4 Å². The second-order valence-corrected chi connectivity index (χ2v) is 12.3. The van der Waals surface area contributed by atoms with E-state index in [0.29, 0.717) is 45.2 Å².